The van der Waals surface area contributed by atoms with Gasteiger partial charge in [0.1, 0.15) is 5.75 Å². The maximum atomic E-state index is 12.4. The molecular weight excluding hydrogens is 214 g/mol. The molecule has 1 aromatic carbocycles. The number of ketones is 1. The number of hydrogen-bond donors (Lipinski definition) is 1. The highest BCUT2D eigenvalue weighted by molar-refractivity contribution is 6.00. The van der Waals surface area contributed by atoms with Gasteiger partial charge in [-0.25, -0.2) is 0 Å². The van der Waals surface area contributed by atoms with E-state index in [4.69, 9.17) is 10.5 Å². The average molecular weight is 235 g/mol. The zero-order valence-corrected chi connectivity index (χ0v) is 10.8. The molecule has 94 valence electrons. The lowest BCUT2D eigenvalue weighted by Gasteiger charge is -2.28. The van der Waals surface area contributed by atoms with Crippen LogP contribution in [0.1, 0.15) is 37.0 Å². The quantitative estimate of drug-likeness (QED) is 0.771. The maximum absolute atomic E-state index is 12.4. The van der Waals surface area contributed by atoms with Crippen LogP contribution >= 0.6 is 0 Å². The van der Waals surface area contributed by atoms with Gasteiger partial charge in [-0.1, -0.05) is 13.8 Å². The number of carbonyl (C=O) groups is 1. The number of methoxy groups -OCH3 is 1. The molecule has 0 saturated carbocycles. The average Bonchev–Trinajstić information content (AvgIpc) is 2.41. The number of carbonyl (C=O) groups excluding carboxylic acids is 1. The van der Waals surface area contributed by atoms with Gasteiger partial charge in [0.05, 0.1) is 7.11 Å². The summed E-state index contributed by atoms with van der Waals surface area (Å²) < 4.78 is 5.08. The van der Waals surface area contributed by atoms with Crippen molar-refractivity contribution >= 4 is 5.78 Å². The van der Waals surface area contributed by atoms with E-state index in [2.05, 4.69) is 0 Å². The van der Waals surface area contributed by atoms with Crippen LogP contribution < -0.4 is 10.5 Å². The molecule has 0 bridgehead atoms. The van der Waals surface area contributed by atoms with Crippen LogP contribution in [0.3, 0.4) is 0 Å². The van der Waals surface area contributed by atoms with Crippen molar-refractivity contribution in [3.8, 4) is 5.75 Å². The summed E-state index contributed by atoms with van der Waals surface area (Å²) in [6.07, 6.45) is 1.54. The van der Waals surface area contributed by atoms with Gasteiger partial charge < -0.3 is 10.5 Å². The molecule has 0 aliphatic rings. The number of rotatable bonds is 6. The van der Waals surface area contributed by atoms with Crippen molar-refractivity contribution in [3.63, 3.8) is 0 Å². The predicted octanol–water partition coefficient (Wildman–Crippen LogP) is 2.64. The zero-order chi connectivity index (χ0) is 12.9. The molecule has 1 rings (SSSR count). The highest BCUT2D eigenvalue weighted by Crippen LogP contribution is 2.30. The Hall–Kier alpha value is -1.35. The first-order valence-electron chi connectivity index (χ1n) is 6.02. The Labute approximate surface area is 103 Å². The minimum Gasteiger partial charge on any atom is -0.497 e. The summed E-state index contributed by atoms with van der Waals surface area (Å²) >= 11 is 0. The van der Waals surface area contributed by atoms with E-state index in [0.717, 1.165) is 18.6 Å². The van der Waals surface area contributed by atoms with Gasteiger partial charge in [-0.05, 0) is 37.1 Å². The number of nitrogens with two attached hydrogens (primary N) is 1. The molecule has 0 aliphatic heterocycles. The van der Waals surface area contributed by atoms with Crippen molar-refractivity contribution in [1.82, 2.24) is 0 Å². The highest BCUT2D eigenvalue weighted by atomic mass is 16.5. The second-order valence-electron chi connectivity index (χ2n) is 4.25. The molecule has 0 aliphatic carbocycles. The highest BCUT2D eigenvalue weighted by Gasteiger charge is 2.33. The molecule has 0 amide bonds. The number of benzene rings is 1. The zero-order valence-electron chi connectivity index (χ0n) is 10.8. The van der Waals surface area contributed by atoms with E-state index < -0.39 is 5.41 Å². The van der Waals surface area contributed by atoms with Crippen molar-refractivity contribution in [2.45, 2.75) is 26.7 Å². The minimum atomic E-state index is -0.422. The first-order valence-corrected chi connectivity index (χ1v) is 6.02. The summed E-state index contributed by atoms with van der Waals surface area (Å²) in [5, 5.41) is 0. The molecule has 1 aromatic rings. The molecule has 17 heavy (non-hydrogen) atoms. The molecule has 0 saturated heterocycles. The summed E-state index contributed by atoms with van der Waals surface area (Å²) in [6.45, 7) is 4.42. The van der Waals surface area contributed by atoms with Crippen LogP contribution in [0.25, 0.3) is 0 Å². The third kappa shape index (κ3) is 2.67. The van der Waals surface area contributed by atoms with Crippen LogP contribution in [-0.2, 0) is 0 Å². The van der Waals surface area contributed by atoms with Crippen LogP contribution in [-0.4, -0.2) is 19.4 Å². The van der Waals surface area contributed by atoms with Crippen LogP contribution in [0, 0.1) is 5.41 Å². The van der Waals surface area contributed by atoms with Gasteiger partial charge in [0.15, 0.2) is 5.78 Å². The van der Waals surface area contributed by atoms with Gasteiger partial charge >= 0.3 is 0 Å². The molecule has 0 spiro atoms. The van der Waals surface area contributed by atoms with Gasteiger partial charge in [-0.3, -0.25) is 4.79 Å². The van der Waals surface area contributed by atoms with Gasteiger partial charge in [0.25, 0.3) is 0 Å². The van der Waals surface area contributed by atoms with Gasteiger partial charge in [-0.2, -0.15) is 0 Å². The third-order valence-corrected chi connectivity index (χ3v) is 3.58. The number of Topliss-reactive ketones (excluding diaryl/α,β-unsaturated/α-hetero) is 1. The fourth-order valence-electron chi connectivity index (χ4n) is 2.00. The summed E-state index contributed by atoms with van der Waals surface area (Å²) in [4.78, 5) is 12.4. The topological polar surface area (TPSA) is 52.3 Å². The van der Waals surface area contributed by atoms with E-state index in [1.807, 2.05) is 13.8 Å². The van der Waals surface area contributed by atoms with Crippen LogP contribution in [0.2, 0.25) is 0 Å². The van der Waals surface area contributed by atoms with E-state index in [9.17, 15) is 4.79 Å². The van der Waals surface area contributed by atoms with Crippen molar-refractivity contribution in [1.29, 1.82) is 0 Å². The SMILES string of the molecule is CCC(CC)(CN)C(=O)c1ccc(OC)cc1. The third-order valence-electron chi connectivity index (χ3n) is 3.58. The second kappa shape index (κ2) is 5.82. The first kappa shape index (κ1) is 13.7. The van der Waals surface area contributed by atoms with Gasteiger partial charge in [-0.15, -0.1) is 0 Å². The van der Waals surface area contributed by atoms with Gasteiger partial charge in [0, 0.05) is 17.5 Å². The van der Waals surface area contributed by atoms with Gasteiger partial charge in [0.2, 0.25) is 0 Å². The van der Waals surface area contributed by atoms with Crippen molar-refractivity contribution in [2.75, 3.05) is 13.7 Å². The molecule has 0 unspecified atom stereocenters. The Morgan fingerprint density at radius 1 is 1.24 bits per heavy atom. The molecule has 3 heteroatoms. The molecule has 3 nitrogen and oxygen atoms in total. The Morgan fingerprint density at radius 2 is 1.76 bits per heavy atom. The fraction of sp³-hybridized carbons (Fsp3) is 0.500. The lowest BCUT2D eigenvalue weighted by atomic mass is 9.76. The van der Waals surface area contributed by atoms with Crippen LogP contribution in [0.15, 0.2) is 24.3 Å². The maximum Gasteiger partial charge on any atom is 0.170 e. The summed E-state index contributed by atoms with van der Waals surface area (Å²) in [5.74, 6) is 0.889. The Bertz CT molecular complexity index is 358. The van der Waals surface area contributed by atoms with Crippen molar-refractivity contribution < 1.29 is 9.53 Å². The standard InChI is InChI=1S/C14H21NO2/c1-4-14(5-2,10-15)13(16)11-6-8-12(17-3)9-7-11/h6-9H,4-5,10,15H2,1-3H3. The first-order chi connectivity index (χ1) is 8.13. The molecule has 0 aromatic heterocycles. The molecule has 0 radical (unpaired) electrons. The summed E-state index contributed by atoms with van der Waals surface area (Å²) in [6, 6.07) is 7.22. The fourth-order valence-corrected chi connectivity index (χ4v) is 2.00. The Kier molecular flexibility index (Phi) is 4.70. The molecule has 2 N–H and O–H groups in total. The second-order valence-corrected chi connectivity index (χ2v) is 4.25. The molecule has 0 fully saturated rings. The Morgan fingerprint density at radius 3 is 2.12 bits per heavy atom. The normalized spacial score (nSPS) is 11.3. The Balaban J connectivity index is 3.01. The summed E-state index contributed by atoms with van der Waals surface area (Å²) in [5.41, 5.74) is 6.06. The van der Waals surface area contributed by atoms with E-state index in [1.54, 1.807) is 31.4 Å². The smallest absolute Gasteiger partial charge is 0.170 e. The van der Waals surface area contributed by atoms with E-state index in [1.165, 1.54) is 0 Å². The number of hydrogen-bond acceptors (Lipinski definition) is 3. The van der Waals surface area contributed by atoms with Crippen LogP contribution in [0.4, 0.5) is 0 Å². The monoisotopic (exact) mass is 235 g/mol. The largest absolute Gasteiger partial charge is 0.497 e. The van der Waals surface area contributed by atoms with Crippen molar-refractivity contribution in [3.05, 3.63) is 29.8 Å². The van der Waals surface area contributed by atoms with E-state index in [0.29, 0.717) is 12.1 Å². The van der Waals surface area contributed by atoms with E-state index in [-0.39, 0.29) is 5.78 Å². The molecule has 0 heterocycles. The van der Waals surface area contributed by atoms with Crippen molar-refractivity contribution in [2.24, 2.45) is 11.1 Å². The molecular formula is C14H21NO2. The predicted molar refractivity (Wildman–Crippen MR) is 69.4 cm³/mol. The number of ether oxygens (including phenoxy) is 1. The lowest BCUT2D eigenvalue weighted by molar-refractivity contribution is 0.0787. The lowest BCUT2D eigenvalue weighted by Crippen LogP contribution is -2.37. The van der Waals surface area contributed by atoms with E-state index >= 15 is 0 Å². The van der Waals surface area contributed by atoms with Crippen LogP contribution in [0.5, 0.6) is 5.75 Å². The summed E-state index contributed by atoms with van der Waals surface area (Å²) in [7, 11) is 1.61. The molecule has 0 atom stereocenters. The minimum absolute atomic E-state index is 0.132.